The van der Waals surface area contributed by atoms with Gasteiger partial charge < -0.3 is 5.73 Å². The molecule has 0 aromatic heterocycles. The van der Waals surface area contributed by atoms with Crippen molar-refractivity contribution in [1.82, 2.24) is 0 Å². The fourth-order valence-electron chi connectivity index (χ4n) is 1.91. The van der Waals surface area contributed by atoms with Gasteiger partial charge in [-0.15, -0.1) is 0 Å². The molecular formula is C14H14Cl2N2O2S. The van der Waals surface area contributed by atoms with E-state index >= 15 is 0 Å². The van der Waals surface area contributed by atoms with E-state index in [4.69, 9.17) is 28.9 Å². The molecule has 2 aromatic rings. The lowest BCUT2D eigenvalue weighted by molar-refractivity contribution is 0.600. The van der Waals surface area contributed by atoms with Crippen LogP contribution >= 0.6 is 23.2 Å². The molecule has 0 spiro atoms. The third kappa shape index (κ3) is 3.26. The van der Waals surface area contributed by atoms with Crippen molar-refractivity contribution in [3.8, 4) is 0 Å². The summed E-state index contributed by atoms with van der Waals surface area (Å²) in [5, 5.41) is 0.515. The van der Waals surface area contributed by atoms with Gasteiger partial charge in [0.15, 0.2) is 0 Å². The summed E-state index contributed by atoms with van der Waals surface area (Å²) in [4.78, 5) is 0.130. The number of nitrogens with two attached hydrogens (primary N) is 1. The Kier molecular flexibility index (Phi) is 4.37. The summed E-state index contributed by atoms with van der Waals surface area (Å²) in [5.41, 5.74) is 7.58. The Bertz CT molecular complexity index is 805. The highest BCUT2D eigenvalue weighted by Crippen LogP contribution is 2.34. The van der Waals surface area contributed by atoms with Crippen molar-refractivity contribution in [2.75, 3.05) is 10.5 Å². The summed E-state index contributed by atoms with van der Waals surface area (Å²) in [6.07, 6.45) is 0. The minimum absolute atomic E-state index is 0.130. The van der Waals surface area contributed by atoms with Gasteiger partial charge in [0, 0.05) is 5.69 Å². The average molecular weight is 345 g/mol. The lowest BCUT2D eigenvalue weighted by Gasteiger charge is -2.14. The van der Waals surface area contributed by atoms with Gasteiger partial charge in [-0.3, -0.25) is 4.72 Å². The summed E-state index contributed by atoms with van der Waals surface area (Å²) in [6, 6.07) is 7.88. The Balaban J connectivity index is 2.50. The standard InChI is InChI=1S/C14H14Cl2N2O2S/c1-8-3-5-11(15)14(13(8)16)18-21(19,20)12-6-4-10(17)7-9(12)2/h3-7,18H,17H2,1-2H3. The number of benzene rings is 2. The van der Waals surface area contributed by atoms with E-state index < -0.39 is 10.0 Å². The van der Waals surface area contributed by atoms with Crippen molar-refractivity contribution < 1.29 is 8.42 Å². The number of hydrogen-bond donors (Lipinski definition) is 2. The first-order valence-corrected chi connectivity index (χ1v) is 8.30. The number of nitrogen functional groups attached to an aromatic ring is 1. The zero-order valence-corrected chi connectivity index (χ0v) is 13.8. The van der Waals surface area contributed by atoms with Gasteiger partial charge in [0.25, 0.3) is 10.0 Å². The molecule has 0 aliphatic heterocycles. The monoisotopic (exact) mass is 344 g/mol. The van der Waals surface area contributed by atoms with E-state index in [9.17, 15) is 8.42 Å². The van der Waals surface area contributed by atoms with Gasteiger partial charge in [-0.05, 0) is 49.2 Å². The Hall–Kier alpha value is -1.43. The zero-order valence-electron chi connectivity index (χ0n) is 11.4. The minimum atomic E-state index is -3.80. The summed E-state index contributed by atoms with van der Waals surface area (Å²) in [6.45, 7) is 3.44. The van der Waals surface area contributed by atoms with Crippen LogP contribution in [-0.2, 0) is 10.0 Å². The molecule has 0 unspecified atom stereocenters. The maximum atomic E-state index is 12.5. The first kappa shape index (κ1) is 15.9. The molecule has 0 bridgehead atoms. The number of nitrogens with one attached hydrogen (secondary N) is 1. The predicted octanol–water partition coefficient (Wildman–Crippen LogP) is 3.99. The zero-order chi connectivity index (χ0) is 15.8. The van der Waals surface area contributed by atoms with Crippen LogP contribution in [0, 0.1) is 13.8 Å². The fraction of sp³-hybridized carbons (Fsp3) is 0.143. The quantitative estimate of drug-likeness (QED) is 0.826. The molecular weight excluding hydrogens is 331 g/mol. The Morgan fingerprint density at radius 2 is 1.71 bits per heavy atom. The number of rotatable bonds is 3. The van der Waals surface area contributed by atoms with Crippen molar-refractivity contribution in [3.05, 3.63) is 51.5 Å². The van der Waals surface area contributed by atoms with Crippen LogP contribution in [0.25, 0.3) is 0 Å². The highest BCUT2D eigenvalue weighted by Gasteiger charge is 2.20. The molecule has 112 valence electrons. The van der Waals surface area contributed by atoms with Crippen molar-refractivity contribution in [2.24, 2.45) is 0 Å². The second-order valence-corrected chi connectivity index (χ2v) is 7.12. The lowest BCUT2D eigenvalue weighted by Crippen LogP contribution is -2.15. The van der Waals surface area contributed by atoms with E-state index in [2.05, 4.69) is 4.72 Å². The Morgan fingerprint density at radius 3 is 2.33 bits per heavy atom. The van der Waals surface area contributed by atoms with Gasteiger partial charge in [0.05, 0.1) is 20.6 Å². The van der Waals surface area contributed by atoms with Crippen LogP contribution in [0.2, 0.25) is 10.0 Å². The highest BCUT2D eigenvalue weighted by molar-refractivity contribution is 7.92. The van der Waals surface area contributed by atoms with E-state index in [0.29, 0.717) is 11.3 Å². The topological polar surface area (TPSA) is 72.2 Å². The van der Waals surface area contributed by atoms with E-state index in [1.54, 1.807) is 32.0 Å². The van der Waals surface area contributed by atoms with Gasteiger partial charge in [-0.25, -0.2) is 8.42 Å². The van der Waals surface area contributed by atoms with Crippen molar-refractivity contribution in [1.29, 1.82) is 0 Å². The first-order valence-electron chi connectivity index (χ1n) is 6.06. The van der Waals surface area contributed by atoms with E-state index in [1.807, 2.05) is 0 Å². The minimum Gasteiger partial charge on any atom is -0.399 e. The fourth-order valence-corrected chi connectivity index (χ4v) is 3.81. The van der Waals surface area contributed by atoms with Crippen molar-refractivity contribution in [3.63, 3.8) is 0 Å². The van der Waals surface area contributed by atoms with Gasteiger partial charge >= 0.3 is 0 Å². The van der Waals surface area contributed by atoms with E-state index in [0.717, 1.165) is 5.56 Å². The molecule has 0 radical (unpaired) electrons. The van der Waals surface area contributed by atoms with Crippen LogP contribution in [0.5, 0.6) is 0 Å². The van der Waals surface area contributed by atoms with Gasteiger partial charge in [-0.2, -0.15) is 0 Å². The third-order valence-corrected chi connectivity index (χ3v) is 5.32. The molecule has 0 atom stereocenters. The van der Waals surface area contributed by atoms with Crippen LogP contribution in [0.3, 0.4) is 0 Å². The molecule has 0 fully saturated rings. The first-order chi connectivity index (χ1) is 9.72. The smallest absolute Gasteiger partial charge is 0.262 e. The van der Waals surface area contributed by atoms with E-state index in [-0.39, 0.29) is 20.6 Å². The molecule has 2 aromatic carbocycles. The van der Waals surface area contributed by atoms with Gasteiger partial charge in [-0.1, -0.05) is 29.3 Å². The molecule has 0 heterocycles. The molecule has 2 rings (SSSR count). The summed E-state index contributed by atoms with van der Waals surface area (Å²) < 4.78 is 27.4. The van der Waals surface area contributed by atoms with Crippen LogP contribution in [0.4, 0.5) is 11.4 Å². The number of halogens is 2. The van der Waals surface area contributed by atoms with Crippen LogP contribution in [-0.4, -0.2) is 8.42 Å². The van der Waals surface area contributed by atoms with E-state index in [1.165, 1.54) is 12.1 Å². The summed E-state index contributed by atoms with van der Waals surface area (Å²) in [5.74, 6) is 0. The maximum Gasteiger partial charge on any atom is 0.262 e. The SMILES string of the molecule is Cc1cc(N)ccc1S(=O)(=O)Nc1c(Cl)ccc(C)c1Cl. The molecule has 0 saturated carbocycles. The number of anilines is 2. The summed E-state index contributed by atoms with van der Waals surface area (Å²) >= 11 is 12.2. The molecule has 3 N–H and O–H groups in total. The maximum absolute atomic E-state index is 12.5. The van der Waals surface area contributed by atoms with Crippen molar-refractivity contribution >= 4 is 44.6 Å². The largest absolute Gasteiger partial charge is 0.399 e. The van der Waals surface area contributed by atoms with Crippen molar-refractivity contribution in [2.45, 2.75) is 18.7 Å². The molecule has 0 aliphatic rings. The second-order valence-electron chi connectivity index (χ2n) is 4.68. The molecule has 0 amide bonds. The Labute approximate surface area is 133 Å². The predicted molar refractivity (Wildman–Crippen MR) is 87.6 cm³/mol. The molecule has 0 saturated heterocycles. The normalized spacial score (nSPS) is 11.4. The van der Waals surface area contributed by atoms with Crippen LogP contribution in [0.15, 0.2) is 35.2 Å². The van der Waals surface area contributed by atoms with Crippen LogP contribution in [0.1, 0.15) is 11.1 Å². The molecule has 4 nitrogen and oxygen atoms in total. The highest BCUT2D eigenvalue weighted by atomic mass is 35.5. The third-order valence-electron chi connectivity index (χ3n) is 3.01. The number of sulfonamides is 1. The number of aryl methyl sites for hydroxylation is 2. The second kappa shape index (κ2) is 5.75. The average Bonchev–Trinajstić information content (AvgIpc) is 2.39. The van der Waals surface area contributed by atoms with Gasteiger partial charge in [0.1, 0.15) is 0 Å². The molecule has 7 heteroatoms. The number of hydrogen-bond acceptors (Lipinski definition) is 3. The van der Waals surface area contributed by atoms with Crippen LogP contribution < -0.4 is 10.5 Å². The Morgan fingerprint density at radius 1 is 1.05 bits per heavy atom. The molecule has 0 aliphatic carbocycles. The lowest BCUT2D eigenvalue weighted by atomic mass is 10.2. The summed E-state index contributed by atoms with van der Waals surface area (Å²) in [7, 11) is -3.80. The van der Waals surface area contributed by atoms with Gasteiger partial charge in [0.2, 0.25) is 0 Å². The molecule has 21 heavy (non-hydrogen) atoms.